The highest BCUT2D eigenvalue weighted by Crippen LogP contribution is 2.35. The van der Waals surface area contributed by atoms with Crippen molar-refractivity contribution < 1.29 is 13.6 Å². The fourth-order valence-corrected chi connectivity index (χ4v) is 2.96. The molecule has 1 saturated heterocycles. The van der Waals surface area contributed by atoms with Gasteiger partial charge >= 0.3 is 0 Å². The Bertz CT molecular complexity index is 469. The third-order valence-electron chi connectivity index (χ3n) is 3.59. The van der Waals surface area contributed by atoms with Gasteiger partial charge in [-0.1, -0.05) is 6.92 Å². The Morgan fingerprint density at radius 3 is 2.61 bits per heavy atom. The smallest absolute Gasteiger partial charge is 0.150 e. The number of carbonyl (C=O) groups is 1. The van der Waals surface area contributed by atoms with Crippen LogP contribution in [0.15, 0.2) is 16.6 Å². The summed E-state index contributed by atoms with van der Waals surface area (Å²) in [7, 11) is 0. The van der Waals surface area contributed by atoms with Crippen molar-refractivity contribution in [2.45, 2.75) is 26.3 Å². The fraction of sp³-hybridized carbons (Fsp3) is 0.462. The molecule has 5 heteroatoms. The van der Waals surface area contributed by atoms with Crippen molar-refractivity contribution >= 4 is 27.4 Å². The Morgan fingerprint density at radius 2 is 2.00 bits per heavy atom. The highest BCUT2D eigenvalue weighted by Gasteiger charge is 2.33. The molecule has 18 heavy (non-hydrogen) atoms. The van der Waals surface area contributed by atoms with Crippen molar-refractivity contribution in [2.75, 3.05) is 11.4 Å². The molecule has 1 aliphatic rings. The first-order valence-corrected chi connectivity index (χ1v) is 6.65. The van der Waals surface area contributed by atoms with Crippen LogP contribution in [0, 0.1) is 17.6 Å². The topological polar surface area (TPSA) is 20.3 Å². The number of Topliss-reactive ketones (excluding diaryl/α,β-unsaturated/α-hetero) is 1. The van der Waals surface area contributed by atoms with Crippen molar-refractivity contribution in [3.05, 3.63) is 28.2 Å². The van der Waals surface area contributed by atoms with Gasteiger partial charge in [-0.25, -0.2) is 8.78 Å². The van der Waals surface area contributed by atoms with Crippen molar-refractivity contribution in [1.82, 2.24) is 0 Å². The number of halogens is 3. The van der Waals surface area contributed by atoms with Gasteiger partial charge in [0.15, 0.2) is 5.82 Å². The zero-order valence-corrected chi connectivity index (χ0v) is 11.8. The van der Waals surface area contributed by atoms with Crippen molar-refractivity contribution in [2.24, 2.45) is 5.92 Å². The Morgan fingerprint density at radius 1 is 1.33 bits per heavy atom. The van der Waals surface area contributed by atoms with Crippen LogP contribution in [0.3, 0.4) is 0 Å². The van der Waals surface area contributed by atoms with Gasteiger partial charge in [-0.05, 0) is 28.9 Å². The summed E-state index contributed by atoms with van der Waals surface area (Å²) in [6, 6.07) is 2.02. The van der Waals surface area contributed by atoms with Gasteiger partial charge in [-0.2, -0.15) is 0 Å². The molecule has 0 aliphatic carbocycles. The summed E-state index contributed by atoms with van der Waals surface area (Å²) in [5, 5.41) is 0. The minimum absolute atomic E-state index is 0.0949. The average Bonchev–Trinajstić information content (AvgIpc) is 2.28. The molecular formula is C13H14BrF2NO. The predicted molar refractivity (Wildman–Crippen MR) is 69.7 cm³/mol. The third kappa shape index (κ3) is 2.28. The third-order valence-corrected chi connectivity index (χ3v) is 4.20. The van der Waals surface area contributed by atoms with Crippen molar-refractivity contribution in [3.63, 3.8) is 0 Å². The largest absolute Gasteiger partial charge is 0.364 e. The van der Waals surface area contributed by atoms with Gasteiger partial charge in [0, 0.05) is 35.5 Å². The molecule has 1 fully saturated rings. The summed E-state index contributed by atoms with van der Waals surface area (Å²) < 4.78 is 27.3. The van der Waals surface area contributed by atoms with E-state index in [-0.39, 0.29) is 17.7 Å². The van der Waals surface area contributed by atoms with E-state index < -0.39 is 11.6 Å². The minimum atomic E-state index is -0.614. The number of benzene rings is 1. The van der Waals surface area contributed by atoms with Crippen LogP contribution in [-0.2, 0) is 4.79 Å². The first kappa shape index (κ1) is 13.5. The molecule has 0 aromatic heterocycles. The second kappa shape index (κ2) is 4.96. The molecule has 0 radical (unpaired) electrons. The molecule has 1 aromatic carbocycles. The Kier molecular flexibility index (Phi) is 3.71. The van der Waals surface area contributed by atoms with Crippen LogP contribution < -0.4 is 4.90 Å². The molecule has 2 unspecified atom stereocenters. The zero-order chi connectivity index (χ0) is 13.4. The Labute approximate surface area is 113 Å². The van der Waals surface area contributed by atoms with Gasteiger partial charge in [-0.15, -0.1) is 0 Å². The van der Waals surface area contributed by atoms with Gasteiger partial charge in [-0.3, -0.25) is 4.79 Å². The summed E-state index contributed by atoms with van der Waals surface area (Å²) in [6.45, 7) is 4.19. The Balaban J connectivity index is 2.40. The van der Waals surface area contributed by atoms with Crippen molar-refractivity contribution in [1.29, 1.82) is 0 Å². The van der Waals surface area contributed by atoms with Gasteiger partial charge in [0.05, 0.1) is 5.69 Å². The summed E-state index contributed by atoms with van der Waals surface area (Å²) in [5.41, 5.74) is 0.336. The SMILES string of the molecule is CC1C(=O)CCN(c2c(F)cc(F)cc2Br)C1C. The predicted octanol–water partition coefficient (Wildman–Crippen LogP) is 3.53. The van der Waals surface area contributed by atoms with E-state index in [0.717, 1.165) is 6.07 Å². The molecule has 0 saturated carbocycles. The number of hydrogen-bond donors (Lipinski definition) is 0. The van der Waals surface area contributed by atoms with Crippen LogP contribution >= 0.6 is 15.9 Å². The van der Waals surface area contributed by atoms with E-state index in [1.807, 2.05) is 18.7 Å². The molecule has 2 nitrogen and oxygen atoms in total. The number of piperidine rings is 1. The highest BCUT2D eigenvalue weighted by molar-refractivity contribution is 9.10. The maximum absolute atomic E-state index is 13.9. The molecule has 2 rings (SSSR count). The second-order valence-electron chi connectivity index (χ2n) is 4.66. The zero-order valence-electron chi connectivity index (χ0n) is 10.2. The van der Waals surface area contributed by atoms with Crippen LogP contribution in [0.25, 0.3) is 0 Å². The molecule has 0 N–H and O–H groups in total. The number of nitrogens with zero attached hydrogens (tertiary/aromatic N) is 1. The van der Waals surface area contributed by atoms with Crippen LogP contribution in [0.4, 0.5) is 14.5 Å². The lowest BCUT2D eigenvalue weighted by atomic mass is 9.90. The molecule has 0 bridgehead atoms. The lowest BCUT2D eigenvalue weighted by Gasteiger charge is -2.39. The maximum atomic E-state index is 13.9. The fourth-order valence-electron chi connectivity index (χ4n) is 2.33. The Hall–Kier alpha value is -0.970. The summed E-state index contributed by atoms with van der Waals surface area (Å²) in [5.74, 6) is -1.17. The summed E-state index contributed by atoms with van der Waals surface area (Å²) in [6.07, 6.45) is 0.398. The number of rotatable bonds is 1. The van der Waals surface area contributed by atoms with Crippen LogP contribution in [0.2, 0.25) is 0 Å². The van der Waals surface area contributed by atoms with Crippen LogP contribution in [-0.4, -0.2) is 18.4 Å². The normalized spacial score (nSPS) is 24.5. The standard InChI is InChI=1S/C13H14BrF2NO/c1-7-8(2)17(4-3-12(7)18)13-10(14)5-9(15)6-11(13)16/h5-8H,3-4H2,1-2H3. The molecule has 0 amide bonds. The van der Waals surface area contributed by atoms with E-state index in [0.29, 0.717) is 23.1 Å². The number of anilines is 1. The first-order valence-electron chi connectivity index (χ1n) is 5.85. The van der Waals surface area contributed by atoms with E-state index in [1.165, 1.54) is 6.07 Å². The molecule has 1 aromatic rings. The molecule has 98 valence electrons. The molecule has 2 atom stereocenters. The first-order chi connectivity index (χ1) is 8.41. The molecule has 1 heterocycles. The van der Waals surface area contributed by atoms with E-state index in [9.17, 15) is 13.6 Å². The lowest BCUT2D eigenvalue weighted by molar-refractivity contribution is -0.123. The van der Waals surface area contributed by atoms with E-state index in [1.54, 1.807) is 0 Å². The number of hydrogen-bond acceptors (Lipinski definition) is 2. The van der Waals surface area contributed by atoms with E-state index >= 15 is 0 Å². The highest BCUT2D eigenvalue weighted by atomic mass is 79.9. The minimum Gasteiger partial charge on any atom is -0.364 e. The maximum Gasteiger partial charge on any atom is 0.150 e. The van der Waals surface area contributed by atoms with Gasteiger partial charge in [0.25, 0.3) is 0 Å². The number of carbonyl (C=O) groups excluding carboxylic acids is 1. The second-order valence-corrected chi connectivity index (χ2v) is 5.51. The lowest BCUT2D eigenvalue weighted by Crippen LogP contribution is -2.47. The average molecular weight is 318 g/mol. The molecular weight excluding hydrogens is 304 g/mol. The van der Waals surface area contributed by atoms with E-state index in [2.05, 4.69) is 15.9 Å². The quantitative estimate of drug-likeness (QED) is 0.789. The van der Waals surface area contributed by atoms with Crippen LogP contribution in [0.1, 0.15) is 20.3 Å². The van der Waals surface area contributed by atoms with Gasteiger partial charge in [0.1, 0.15) is 11.6 Å². The molecule has 0 spiro atoms. The number of ketones is 1. The van der Waals surface area contributed by atoms with Crippen LogP contribution in [0.5, 0.6) is 0 Å². The summed E-state index contributed by atoms with van der Waals surface area (Å²) >= 11 is 3.19. The summed E-state index contributed by atoms with van der Waals surface area (Å²) in [4.78, 5) is 13.4. The monoisotopic (exact) mass is 317 g/mol. The van der Waals surface area contributed by atoms with Crippen molar-refractivity contribution in [3.8, 4) is 0 Å². The van der Waals surface area contributed by atoms with E-state index in [4.69, 9.17) is 0 Å². The van der Waals surface area contributed by atoms with Gasteiger partial charge in [0.2, 0.25) is 0 Å². The molecule has 1 aliphatic heterocycles. The van der Waals surface area contributed by atoms with Gasteiger partial charge < -0.3 is 4.90 Å².